The summed E-state index contributed by atoms with van der Waals surface area (Å²) in [4.78, 5) is 25.6. The van der Waals surface area contributed by atoms with Gasteiger partial charge in [0, 0.05) is 10.4 Å². The molecule has 2 aromatic rings. The number of nitrogens with zero attached hydrogens (tertiary/aromatic N) is 1. The van der Waals surface area contributed by atoms with Crippen molar-refractivity contribution in [3.05, 3.63) is 57.8 Å². The molecule has 0 unspecified atom stereocenters. The van der Waals surface area contributed by atoms with Crippen molar-refractivity contribution in [1.82, 2.24) is 10.7 Å². The van der Waals surface area contributed by atoms with Gasteiger partial charge in [-0.1, -0.05) is 37.6 Å². The fourth-order valence-electron chi connectivity index (χ4n) is 2.14. The van der Waals surface area contributed by atoms with Crippen LogP contribution in [0, 0.1) is 12.8 Å². The highest BCUT2D eigenvalue weighted by atomic mass is 32.1. The maximum absolute atomic E-state index is 12.3. The van der Waals surface area contributed by atoms with Gasteiger partial charge in [0.2, 0.25) is 0 Å². The van der Waals surface area contributed by atoms with Crippen LogP contribution in [0.4, 0.5) is 0 Å². The Morgan fingerprint density at radius 2 is 2.00 bits per heavy atom. The largest absolute Gasteiger partial charge is 0.340 e. The Balaban J connectivity index is 2.00. The molecule has 0 aliphatic rings. The maximum atomic E-state index is 12.3. The summed E-state index contributed by atoms with van der Waals surface area (Å²) in [6, 6.07) is 10.4. The van der Waals surface area contributed by atoms with Gasteiger partial charge < -0.3 is 5.32 Å². The minimum Gasteiger partial charge on any atom is -0.340 e. The number of hydrazone groups is 1. The van der Waals surface area contributed by atoms with Crippen molar-refractivity contribution in [2.45, 2.75) is 26.8 Å². The highest BCUT2D eigenvalue weighted by Crippen LogP contribution is 2.08. The normalized spacial score (nSPS) is 12.3. The molecule has 0 saturated heterocycles. The van der Waals surface area contributed by atoms with Gasteiger partial charge in [0.05, 0.1) is 6.21 Å². The average molecular weight is 343 g/mol. The van der Waals surface area contributed by atoms with E-state index in [1.54, 1.807) is 18.3 Å². The van der Waals surface area contributed by atoms with Crippen LogP contribution in [0.15, 0.2) is 46.9 Å². The topological polar surface area (TPSA) is 70.6 Å². The van der Waals surface area contributed by atoms with E-state index in [4.69, 9.17) is 0 Å². The van der Waals surface area contributed by atoms with E-state index in [0.717, 1.165) is 10.4 Å². The molecule has 5 nitrogen and oxygen atoms in total. The van der Waals surface area contributed by atoms with Gasteiger partial charge in [-0.3, -0.25) is 9.59 Å². The molecule has 1 aromatic carbocycles. The van der Waals surface area contributed by atoms with Crippen LogP contribution in [0.3, 0.4) is 0 Å². The minimum atomic E-state index is -0.654. The average Bonchev–Trinajstić information content (AvgIpc) is 3.05. The van der Waals surface area contributed by atoms with Gasteiger partial charge in [-0.15, -0.1) is 11.3 Å². The van der Waals surface area contributed by atoms with Crippen molar-refractivity contribution >= 4 is 29.4 Å². The lowest BCUT2D eigenvalue weighted by Gasteiger charge is -2.20. The summed E-state index contributed by atoms with van der Waals surface area (Å²) < 4.78 is 0. The Bertz CT molecular complexity index is 724. The van der Waals surface area contributed by atoms with Crippen LogP contribution in [0.2, 0.25) is 0 Å². The summed E-state index contributed by atoms with van der Waals surface area (Å²) in [7, 11) is 0. The number of amides is 2. The number of hydrogen-bond donors (Lipinski definition) is 2. The highest BCUT2D eigenvalue weighted by Gasteiger charge is 2.24. The van der Waals surface area contributed by atoms with E-state index < -0.39 is 6.04 Å². The number of carbonyl (C=O) groups is 2. The van der Waals surface area contributed by atoms with E-state index >= 15 is 0 Å². The molecule has 0 aliphatic carbocycles. The summed E-state index contributed by atoms with van der Waals surface area (Å²) in [5.41, 5.74) is 4.02. The molecule has 1 aromatic heterocycles. The second-order valence-electron chi connectivity index (χ2n) is 5.81. The number of carbonyl (C=O) groups excluding carboxylic acids is 2. The molecule has 126 valence electrons. The highest BCUT2D eigenvalue weighted by molar-refractivity contribution is 7.11. The SMILES string of the molecule is Cc1cccc(C(=O)N[C@@H](C(=O)N/N=C/c2cccs2)C(C)C)c1. The van der Waals surface area contributed by atoms with E-state index in [1.165, 1.54) is 11.3 Å². The number of aryl methyl sites for hydroxylation is 1. The van der Waals surface area contributed by atoms with E-state index in [1.807, 2.05) is 50.4 Å². The van der Waals surface area contributed by atoms with E-state index in [2.05, 4.69) is 15.8 Å². The van der Waals surface area contributed by atoms with Crippen LogP contribution in [-0.2, 0) is 4.79 Å². The van der Waals surface area contributed by atoms with Crippen LogP contribution in [0.1, 0.15) is 34.6 Å². The molecular weight excluding hydrogens is 322 g/mol. The lowest BCUT2D eigenvalue weighted by atomic mass is 10.0. The van der Waals surface area contributed by atoms with Gasteiger partial charge in [-0.2, -0.15) is 5.10 Å². The molecule has 0 saturated carbocycles. The molecule has 2 N–H and O–H groups in total. The third kappa shape index (κ3) is 5.03. The Kier molecular flexibility index (Phi) is 6.26. The predicted molar refractivity (Wildman–Crippen MR) is 97.3 cm³/mol. The fraction of sp³-hybridized carbons (Fsp3) is 0.278. The zero-order chi connectivity index (χ0) is 17.5. The molecule has 0 bridgehead atoms. The van der Waals surface area contributed by atoms with E-state index in [9.17, 15) is 9.59 Å². The molecular formula is C18H21N3O2S. The first-order valence-electron chi connectivity index (χ1n) is 7.71. The second-order valence-corrected chi connectivity index (χ2v) is 6.79. The zero-order valence-corrected chi connectivity index (χ0v) is 14.8. The van der Waals surface area contributed by atoms with Gasteiger partial charge >= 0.3 is 0 Å². The van der Waals surface area contributed by atoms with Gasteiger partial charge in [-0.05, 0) is 36.4 Å². The second kappa shape index (κ2) is 8.40. The van der Waals surface area contributed by atoms with Crippen molar-refractivity contribution in [3.63, 3.8) is 0 Å². The third-order valence-electron chi connectivity index (χ3n) is 3.43. The molecule has 2 rings (SSSR count). The first-order chi connectivity index (χ1) is 11.5. The van der Waals surface area contributed by atoms with Crippen molar-refractivity contribution < 1.29 is 9.59 Å². The minimum absolute atomic E-state index is 0.0595. The fourth-order valence-corrected chi connectivity index (χ4v) is 2.72. The number of benzene rings is 1. The summed E-state index contributed by atoms with van der Waals surface area (Å²) >= 11 is 1.53. The van der Waals surface area contributed by atoms with Crippen molar-refractivity contribution in [2.24, 2.45) is 11.0 Å². The Morgan fingerprint density at radius 3 is 2.62 bits per heavy atom. The Labute approximate surface area is 145 Å². The summed E-state index contributed by atoms with van der Waals surface area (Å²) in [5.74, 6) is -0.663. The summed E-state index contributed by atoms with van der Waals surface area (Å²) in [6.07, 6.45) is 1.59. The summed E-state index contributed by atoms with van der Waals surface area (Å²) in [6.45, 7) is 5.68. The van der Waals surface area contributed by atoms with Crippen molar-refractivity contribution in [2.75, 3.05) is 0 Å². The quantitative estimate of drug-likeness (QED) is 0.625. The Hall–Kier alpha value is -2.47. The van der Waals surface area contributed by atoms with Crippen LogP contribution in [0.25, 0.3) is 0 Å². The number of hydrogen-bond acceptors (Lipinski definition) is 4. The molecule has 0 fully saturated rings. The monoisotopic (exact) mass is 343 g/mol. The standard InChI is InChI=1S/C18H21N3O2S/c1-12(2)16(18(23)21-19-11-15-8-5-9-24-15)20-17(22)14-7-4-6-13(3)10-14/h4-12,16H,1-3H3,(H,20,22)(H,21,23)/b19-11+/t16-/m1/s1. The first-order valence-corrected chi connectivity index (χ1v) is 8.59. The van der Waals surface area contributed by atoms with Gasteiger partial charge in [0.25, 0.3) is 11.8 Å². The van der Waals surface area contributed by atoms with Crippen LogP contribution in [0.5, 0.6) is 0 Å². The number of rotatable bonds is 6. The lowest BCUT2D eigenvalue weighted by molar-refractivity contribution is -0.123. The smallest absolute Gasteiger partial charge is 0.262 e. The summed E-state index contributed by atoms with van der Waals surface area (Å²) in [5, 5.41) is 8.66. The molecule has 0 radical (unpaired) electrons. The molecule has 0 aliphatic heterocycles. The van der Waals surface area contributed by atoms with Gasteiger partial charge in [-0.25, -0.2) is 5.43 Å². The lowest BCUT2D eigenvalue weighted by Crippen LogP contribution is -2.48. The molecule has 2 amide bonds. The van der Waals surface area contributed by atoms with Gasteiger partial charge in [0.15, 0.2) is 0 Å². The van der Waals surface area contributed by atoms with Crippen molar-refractivity contribution in [3.8, 4) is 0 Å². The molecule has 24 heavy (non-hydrogen) atoms. The van der Waals surface area contributed by atoms with E-state index in [0.29, 0.717) is 5.56 Å². The van der Waals surface area contributed by atoms with Crippen LogP contribution >= 0.6 is 11.3 Å². The maximum Gasteiger partial charge on any atom is 0.262 e. The van der Waals surface area contributed by atoms with Crippen molar-refractivity contribution in [1.29, 1.82) is 0 Å². The zero-order valence-electron chi connectivity index (χ0n) is 13.9. The molecule has 6 heteroatoms. The molecule has 1 heterocycles. The Morgan fingerprint density at radius 1 is 1.21 bits per heavy atom. The van der Waals surface area contributed by atoms with Crippen LogP contribution in [-0.4, -0.2) is 24.1 Å². The first kappa shape index (κ1) is 17.9. The van der Waals surface area contributed by atoms with Crippen LogP contribution < -0.4 is 10.7 Å². The number of nitrogens with one attached hydrogen (secondary N) is 2. The third-order valence-corrected chi connectivity index (χ3v) is 4.23. The number of thiophene rings is 1. The molecule has 1 atom stereocenters. The molecule has 0 spiro atoms. The van der Waals surface area contributed by atoms with E-state index in [-0.39, 0.29) is 17.7 Å². The van der Waals surface area contributed by atoms with Gasteiger partial charge in [0.1, 0.15) is 6.04 Å². The predicted octanol–water partition coefficient (Wildman–Crippen LogP) is 2.96.